The molecule has 1 aliphatic heterocycles. The molecule has 0 amide bonds. The van der Waals surface area contributed by atoms with E-state index in [4.69, 9.17) is 11.6 Å². The second kappa shape index (κ2) is 6.90. The first kappa shape index (κ1) is 16.7. The van der Waals surface area contributed by atoms with Gasteiger partial charge in [0, 0.05) is 13.1 Å². The number of nitrogens with zero attached hydrogens (tertiary/aromatic N) is 1. The third-order valence-electron chi connectivity index (χ3n) is 3.20. The molecule has 0 saturated carbocycles. The van der Waals surface area contributed by atoms with Crippen LogP contribution in [0, 0.1) is 5.92 Å². The van der Waals surface area contributed by atoms with Crippen LogP contribution in [0.2, 0.25) is 5.02 Å². The zero-order valence-corrected chi connectivity index (χ0v) is 13.1. The highest BCUT2D eigenvalue weighted by Gasteiger charge is 2.33. The molecule has 0 bridgehead atoms. The maximum atomic E-state index is 12.4. The molecule has 1 unspecified atom stereocenters. The lowest BCUT2D eigenvalue weighted by atomic mass is 10.1. The van der Waals surface area contributed by atoms with E-state index < -0.39 is 10.0 Å². The Kier molecular flexibility index (Phi) is 6.08. The Bertz CT molecular complexity index is 522. The number of hydrogen-bond acceptors (Lipinski definition) is 3. The largest absolute Gasteiger partial charge is 0.319 e. The van der Waals surface area contributed by atoms with Gasteiger partial charge in [-0.3, -0.25) is 0 Å². The van der Waals surface area contributed by atoms with Crippen LogP contribution < -0.4 is 5.32 Å². The van der Waals surface area contributed by atoms with Crippen molar-refractivity contribution in [2.75, 3.05) is 26.7 Å². The van der Waals surface area contributed by atoms with Crippen molar-refractivity contribution in [3.8, 4) is 0 Å². The molecule has 1 saturated heterocycles. The summed E-state index contributed by atoms with van der Waals surface area (Å²) in [5.74, 6) is 0.382. The third kappa shape index (κ3) is 3.61. The average Bonchev–Trinajstić information content (AvgIpc) is 2.79. The quantitative estimate of drug-likeness (QED) is 0.921. The number of sulfonamides is 1. The van der Waals surface area contributed by atoms with Gasteiger partial charge in [0.15, 0.2) is 0 Å². The van der Waals surface area contributed by atoms with Crippen LogP contribution in [0.1, 0.15) is 6.42 Å². The average molecular weight is 325 g/mol. The molecule has 0 aliphatic carbocycles. The van der Waals surface area contributed by atoms with Gasteiger partial charge in [-0.1, -0.05) is 23.7 Å². The van der Waals surface area contributed by atoms with Gasteiger partial charge in [-0.25, -0.2) is 8.42 Å². The van der Waals surface area contributed by atoms with Gasteiger partial charge in [0.25, 0.3) is 0 Å². The SMILES string of the molecule is CNCC1CCN(S(=O)(=O)c2ccccc2Cl)C1.Cl. The van der Waals surface area contributed by atoms with Gasteiger partial charge in [0.05, 0.1) is 5.02 Å². The van der Waals surface area contributed by atoms with Crippen LogP contribution >= 0.6 is 24.0 Å². The highest BCUT2D eigenvalue weighted by atomic mass is 35.5. The summed E-state index contributed by atoms with van der Waals surface area (Å²) in [7, 11) is -1.57. The fourth-order valence-electron chi connectivity index (χ4n) is 2.26. The number of nitrogens with one attached hydrogen (secondary N) is 1. The van der Waals surface area contributed by atoms with E-state index >= 15 is 0 Å². The maximum Gasteiger partial charge on any atom is 0.244 e. The molecule has 2 rings (SSSR count). The van der Waals surface area contributed by atoms with E-state index in [1.54, 1.807) is 24.3 Å². The van der Waals surface area contributed by atoms with Crippen molar-refractivity contribution in [2.45, 2.75) is 11.3 Å². The summed E-state index contributed by atoms with van der Waals surface area (Å²) in [6.07, 6.45) is 0.893. The number of benzene rings is 1. The molecule has 1 heterocycles. The van der Waals surface area contributed by atoms with Crippen molar-refractivity contribution < 1.29 is 8.42 Å². The van der Waals surface area contributed by atoms with Gasteiger partial charge in [-0.2, -0.15) is 4.31 Å². The maximum absolute atomic E-state index is 12.4. The van der Waals surface area contributed by atoms with Gasteiger partial charge >= 0.3 is 0 Å². The number of rotatable bonds is 4. The normalized spacial score (nSPS) is 20.2. The minimum absolute atomic E-state index is 0. The van der Waals surface area contributed by atoms with Gasteiger partial charge < -0.3 is 5.32 Å². The predicted molar refractivity (Wildman–Crippen MR) is 79.5 cm³/mol. The summed E-state index contributed by atoms with van der Waals surface area (Å²) >= 11 is 5.97. The van der Waals surface area contributed by atoms with Crippen LogP contribution in [0.15, 0.2) is 29.2 Å². The van der Waals surface area contributed by atoms with Crippen LogP contribution in [0.4, 0.5) is 0 Å². The molecule has 0 spiro atoms. The van der Waals surface area contributed by atoms with Crippen LogP contribution in [-0.4, -0.2) is 39.4 Å². The zero-order chi connectivity index (χ0) is 13.2. The van der Waals surface area contributed by atoms with Crippen LogP contribution in [0.5, 0.6) is 0 Å². The molecule has 0 aromatic heterocycles. The summed E-state index contributed by atoms with van der Waals surface area (Å²) in [6, 6.07) is 6.59. The van der Waals surface area contributed by atoms with E-state index in [9.17, 15) is 8.42 Å². The van der Waals surface area contributed by atoms with Gasteiger partial charge in [0.1, 0.15) is 4.90 Å². The summed E-state index contributed by atoms with van der Waals surface area (Å²) in [5.41, 5.74) is 0. The first-order valence-corrected chi connectivity index (χ1v) is 7.77. The molecule has 1 aromatic rings. The van der Waals surface area contributed by atoms with E-state index in [-0.39, 0.29) is 22.3 Å². The summed E-state index contributed by atoms with van der Waals surface area (Å²) in [5, 5.41) is 3.37. The van der Waals surface area contributed by atoms with Crippen molar-refractivity contribution in [3.05, 3.63) is 29.3 Å². The molecule has 1 atom stereocenters. The molecule has 1 aliphatic rings. The van der Waals surface area contributed by atoms with Crippen LogP contribution in [0.3, 0.4) is 0 Å². The fourth-order valence-corrected chi connectivity index (χ4v) is 4.29. The highest BCUT2D eigenvalue weighted by molar-refractivity contribution is 7.89. The lowest BCUT2D eigenvalue weighted by molar-refractivity contribution is 0.451. The Morgan fingerprint density at radius 2 is 2.11 bits per heavy atom. The molecule has 19 heavy (non-hydrogen) atoms. The van der Waals surface area contributed by atoms with Gasteiger partial charge in [0.2, 0.25) is 10.0 Å². The van der Waals surface area contributed by atoms with Crippen molar-refractivity contribution in [1.29, 1.82) is 0 Å². The molecule has 7 heteroatoms. The molecular weight excluding hydrogens is 307 g/mol. The summed E-state index contributed by atoms with van der Waals surface area (Å²) < 4.78 is 26.4. The van der Waals surface area contributed by atoms with Gasteiger partial charge in [-0.15, -0.1) is 12.4 Å². The van der Waals surface area contributed by atoms with Crippen LogP contribution in [0.25, 0.3) is 0 Å². The smallest absolute Gasteiger partial charge is 0.244 e. The van der Waals surface area contributed by atoms with E-state index in [1.807, 2.05) is 7.05 Å². The number of hydrogen-bond donors (Lipinski definition) is 1. The predicted octanol–water partition coefficient (Wildman–Crippen LogP) is 1.99. The summed E-state index contributed by atoms with van der Waals surface area (Å²) in [6.45, 7) is 1.98. The van der Waals surface area contributed by atoms with Crippen molar-refractivity contribution >= 4 is 34.0 Å². The summed E-state index contributed by atoms with van der Waals surface area (Å²) in [4.78, 5) is 0.205. The van der Waals surface area contributed by atoms with Crippen molar-refractivity contribution in [1.82, 2.24) is 9.62 Å². The molecule has 4 nitrogen and oxygen atoms in total. The van der Waals surface area contributed by atoms with Crippen LogP contribution in [-0.2, 0) is 10.0 Å². The molecule has 108 valence electrons. The Morgan fingerprint density at radius 3 is 2.74 bits per heavy atom. The lowest BCUT2D eigenvalue weighted by Gasteiger charge is -2.17. The lowest BCUT2D eigenvalue weighted by Crippen LogP contribution is -2.30. The first-order chi connectivity index (χ1) is 8.55. The molecule has 1 fully saturated rings. The Morgan fingerprint density at radius 1 is 1.42 bits per heavy atom. The Balaban J connectivity index is 0.00000180. The second-order valence-corrected chi connectivity index (χ2v) is 6.82. The van der Waals surface area contributed by atoms with E-state index in [2.05, 4.69) is 5.32 Å². The minimum Gasteiger partial charge on any atom is -0.319 e. The van der Waals surface area contributed by atoms with E-state index in [1.165, 1.54) is 4.31 Å². The monoisotopic (exact) mass is 324 g/mol. The van der Waals surface area contributed by atoms with E-state index in [0.717, 1.165) is 13.0 Å². The van der Waals surface area contributed by atoms with Crippen molar-refractivity contribution in [3.63, 3.8) is 0 Å². The highest BCUT2D eigenvalue weighted by Crippen LogP contribution is 2.28. The molecular formula is C12H18Cl2N2O2S. The first-order valence-electron chi connectivity index (χ1n) is 5.95. The fraction of sp³-hybridized carbons (Fsp3) is 0.500. The molecule has 0 radical (unpaired) electrons. The zero-order valence-electron chi connectivity index (χ0n) is 10.7. The third-order valence-corrected chi connectivity index (χ3v) is 5.56. The standard InChI is InChI=1S/C12H17ClN2O2S.ClH/c1-14-8-10-6-7-15(9-10)18(16,17)12-5-3-2-4-11(12)13;/h2-5,10,14H,6-9H2,1H3;1H. The Labute approximate surface area is 125 Å². The topological polar surface area (TPSA) is 49.4 Å². The molecule has 1 N–H and O–H groups in total. The van der Waals surface area contributed by atoms with Crippen molar-refractivity contribution in [2.24, 2.45) is 5.92 Å². The van der Waals surface area contributed by atoms with E-state index in [0.29, 0.717) is 19.0 Å². The number of halogens is 2. The molecule has 1 aromatic carbocycles. The van der Waals surface area contributed by atoms with Gasteiger partial charge in [-0.05, 0) is 38.1 Å². The Hall–Kier alpha value is -0.330. The second-order valence-electron chi connectivity index (χ2n) is 4.51. The minimum atomic E-state index is -3.45.